The fourth-order valence-corrected chi connectivity index (χ4v) is 4.30. The second-order valence-electron chi connectivity index (χ2n) is 6.79. The predicted molar refractivity (Wildman–Crippen MR) is 116 cm³/mol. The summed E-state index contributed by atoms with van der Waals surface area (Å²) in [5.41, 5.74) is 0.937. The molecule has 1 fully saturated rings. The van der Waals surface area contributed by atoms with Gasteiger partial charge in [0.1, 0.15) is 16.5 Å². The normalized spacial score (nSPS) is 14.8. The van der Waals surface area contributed by atoms with Crippen molar-refractivity contribution in [3.8, 4) is 0 Å². The number of nitrogens with zero attached hydrogens (tertiary/aromatic N) is 3. The maximum Gasteiger partial charge on any atom is 0.350 e. The summed E-state index contributed by atoms with van der Waals surface area (Å²) in [6.07, 6.45) is 7.38. The zero-order chi connectivity index (χ0) is 20.2. The topological polar surface area (TPSA) is 63.9 Å². The molecule has 0 atom stereocenters. The van der Waals surface area contributed by atoms with Gasteiger partial charge >= 0.3 is 5.97 Å². The minimum Gasteiger partial charge on any atom is -0.460 e. The SMILES string of the molecule is O=C(OCCN1CCCC1)c1cn2c(=O)c(Cl)c(C=Cc3ccccc3)nc2s1. The van der Waals surface area contributed by atoms with Crippen LogP contribution in [0.5, 0.6) is 0 Å². The van der Waals surface area contributed by atoms with Crippen molar-refractivity contribution in [2.45, 2.75) is 12.8 Å². The Morgan fingerprint density at radius 3 is 2.72 bits per heavy atom. The van der Waals surface area contributed by atoms with Gasteiger partial charge in [0.25, 0.3) is 5.56 Å². The summed E-state index contributed by atoms with van der Waals surface area (Å²) in [5.74, 6) is -0.448. The maximum atomic E-state index is 12.6. The van der Waals surface area contributed by atoms with Gasteiger partial charge < -0.3 is 4.74 Å². The van der Waals surface area contributed by atoms with Gasteiger partial charge in [-0.15, -0.1) is 0 Å². The summed E-state index contributed by atoms with van der Waals surface area (Å²) in [5, 5.41) is 0.0152. The number of hydrogen-bond donors (Lipinski definition) is 0. The molecule has 150 valence electrons. The third kappa shape index (κ3) is 4.58. The standard InChI is InChI=1S/C21H20ClN3O3S/c22-18-16(9-8-15-6-2-1-3-7-15)23-21-25(19(18)26)14-17(29-21)20(27)28-13-12-24-10-4-5-11-24/h1-3,6-9,14H,4-5,10-13H2. The van der Waals surface area contributed by atoms with E-state index in [1.807, 2.05) is 36.4 Å². The molecule has 1 aliphatic heterocycles. The highest BCUT2D eigenvalue weighted by Gasteiger charge is 2.18. The number of rotatable bonds is 6. The van der Waals surface area contributed by atoms with Crippen LogP contribution in [0.1, 0.15) is 33.8 Å². The number of carbonyl (C=O) groups excluding carboxylic acids is 1. The third-order valence-electron chi connectivity index (χ3n) is 4.77. The van der Waals surface area contributed by atoms with E-state index in [1.165, 1.54) is 23.4 Å². The summed E-state index contributed by atoms with van der Waals surface area (Å²) in [7, 11) is 0. The van der Waals surface area contributed by atoms with Gasteiger partial charge in [-0.3, -0.25) is 14.1 Å². The van der Waals surface area contributed by atoms with Gasteiger partial charge in [0, 0.05) is 12.7 Å². The van der Waals surface area contributed by atoms with E-state index in [0.29, 0.717) is 22.1 Å². The molecule has 1 saturated heterocycles. The van der Waals surface area contributed by atoms with Crippen LogP contribution in [0.15, 0.2) is 41.3 Å². The molecule has 0 radical (unpaired) electrons. The van der Waals surface area contributed by atoms with Gasteiger partial charge in [0.2, 0.25) is 0 Å². The Labute approximate surface area is 177 Å². The average Bonchev–Trinajstić information content (AvgIpc) is 3.40. The van der Waals surface area contributed by atoms with Crippen LogP contribution in [0, 0.1) is 0 Å². The Morgan fingerprint density at radius 2 is 1.97 bits per heavy atom. The lowest BCUT2D eigenvalue weighted by Crippen LogP contribution is -2.25. The van der Waals surface area contributed by atoms with Crippen LogP contribution >= 0.6 is 22.9 Å². The summed E-state index contributed by atoms with van der Waals surface area (Å²) in [4.78, 5) is 32.4. The summed E-state index contributed by atoms with van der Waals surface area (Å²) in [6.45, 7) is 3.17. The smallest absolute Gasteiger partial charge is 0.350 e. The molecule has 3 heterocycles. The largest absolute Gasteiger partial charge is 0.460 e. The van der Waals surface area contributed by atoms with Crippen LogP contribution in [0.2, 0.25) is 5.02 Å². The van der Waals surface area contributed by atoms with Crippen molar-refractivity contribution in [2.24, 2.45) is 0 Å². The quantitative estimate of drug-likeness (QED) is 0.557. The highest BCUT2D eigenvalue weighted by atomic mass is 35.5. The van der Waals surface area contributed by atoms with Crippen LogP contribution in [-0.4, -0.2) is 46.5 Å². The highest BCUT2D eigenvalue weighted by molar-refractivity contribution is 7.18. The number of carbonyl (C=O) groups is 1. The minimum atomic E-state index is -0.448. The number of halogens is 1. The third-order valence-corrected chi connectivity index (χ3v) is 6.09. The number of likely N-dealkylation sites (tertiary alicyclic amines) is 1. The van der Waals surface area contributed by atoms with Crippen molar-refractivity contribution < 1.29 is 9.53 Å². The lowest BCUT2D eigenvalue weighted by Gasteiger charge is -2.13. The van der Waals surface area contributed by atoms with Crippen molar-refractivity contribution >= 4 is 46.0 Å². The summed E-state index contributed by atoms with van der Waals surface area (Å²) < 4.78 is 6.66. The summed E-state index contributed by atoms with van der Waals surface area (Å²) in [6, 6.07) is 9.66. The molecule has 8 heteroatoms. The van der Waals surface area contributed by atoms with Crippen molar-refractivity contribution in [3.63, 3.8) is 0 Å². The number of ether oxygens (including phenoxy) is 1. The van der Waals surface area contributed by atoms with Crippen molar-refractivity contribution in [1.29, 1.82) is 0 Å². The Balaban J connectivity index is 1.52. The fourth-order valence-electron chi connectivity index (χ4n) is 3.22. The molecular weight excluding hydrogens is 410 g/mol. The number of hydrogen-bond acceptors (Lipinski definition) is 6. The van der Waals surface area contributed by atoms with Gasteiger partial charge in [-0.1, -0.05) is 59.3 Å². The lowest BCUT2D eigenvalue weighted by molar-refractivity contribution is 0.0477. The molecule has 1 aromatic carbocycles. The van der Waals surface area contributed by atoms with Gasteiger partial charge in [0.05, 0.1) is 5.69 Å². The van der Waals surface area contributed by atoms with Crippen LogP contribution in [0.25, 0.3) is 17.1 Å². The first-order chi connectivity index (χ1) is 14.1. The van der Waals surface area contributed by atoms with E-state index in [-0.39, 0.29) is 5.02 Å². The number of esters is 1. The van der Waals surface area contributed by atoms with Crippen LogP contribution in [0.4, 0.5) is 0 Å². The first kappa shape index (κ1) is 19.8. The maximum absolute atomic E-state index is 12.6. The Hall–Kier alpha value is -2.48. The van der Waals surface area contributed by atoms with E-state index in [0.717, 1.165) is 36.5 Å². The van der Waals surface area contributed by atoms with Gasteiger partial charge in [-0.05, 0) is 37.6 Å². The van der Waals surface area contributed by atoms with E-state index in [9.17, 15) is 9.59 Å². The second-order valence-corrected chi connectivity index (χ2v) is 8.18. The highest BCUT2D eigenvalue weighted by Crippen LogP contribution is 2.20. The van der Waals surface area contributed by atoms with E-state index in [1.54, 1.807) is 6.08 Å². The zero-order valence-electron chi connectivity index (χ0n) is 15.7. The Kier molecular flexibility index (Phi) is 6.08. The molecule has 0 N–H and O–H groups in total. The van der Waals surface area contributed by atoms with Crippen molar-refractivity contribution in [1.82, 2.24) is 14.3 Å². The average molecular weight is 430 g/mol. The van der Waals surface area contributed by atoms with E-state index in [2.05, 4.69) is 9.88 Å². The second kappa shape index (κ2) is 8.90. The minimum absolute atomic E-state index is 0.0152. The molecule has 1 aliphatic rings. The molecule has 4 rings (SSSR count). The molecule has 0 bridgehead atoms. The number of fused-ring (bicyclic) bond motifs is 1. The van der Waals surface area contributed by atoms with Gasteiger partial charge in [-0.2, -0.15) is 0 Å². The molecule has 0 saturated carbocycles. The summed E-state index contributed by atoms with van der Waals surface area (Å²) >= 11 is 7.34. The number of benzene rings is 1. The van der Waals surface area contributed by atoms with Crippen molar-refractivity contribution in [2.75, 3.05) is 26.2 Å². The van der Waals surface area contributed by atoms with E-state index in [4.69, 9.17) is 16.3 Å². The van der Waals surface area contributed by atoms with Gasteiger partial charge in [-0.25, -0.2) is 9.78 Å². The molecule has 0 aliphatic carbocycles. The first-order valence-electron chi connectivity index (χ1n) is 9.46. The molecule has 29 heavy (non-hydrogen) atoms. The predicted octanol–water partition coefficient (Wildman–Crippen LogP) is 3.83. The molecular formula is C21H20ClN3O3S. The van der Waals surface area contributed by atoms with E-state index < -0.39 is 11.5 Å². The van der Waals surface area contributed by atoms with Crippen molar-refractivity contribution in [3.05, 3.63) is 68.0 Å². The molecule has 0 unspecified atom stereocenters. The fraction of sp³-hybridized carbons (Fsp3) is 0.286. The Bertz CT molecular complexity index is 1100. The number of aromatic nitrogens is 2. The molecule has 0 amide bonds. The van der Waals surface area contributed by atoms with Crippen LogP contribution < -0.4 is 5.56 Å². The van der Waals surface area contributed by atoms with E-state index >= 15 is 0 Å². The molecule has 2 aromatic heterocycles. The molecule has 0 spiro atoms. The lowest BCUT2D eigenvalue weighted by atomic mass is 10.2. The molecule has 3 aromatic rings. The van der Waals surface area contributed by atoms with Gasteiger partial charge in [0.15, 0.2) is 4.96 Å². The molecule has 6 nitrogen and oxygen atoms in total. The van der Waals surface area contributed by atoms with Crippen LogP contribution in [-0.2, 0) is 4.74 Å². The monoisotopic (exact) mass is 429 g/mol. The zero-order valence-corrected chi connectivity index (χ0v) is 17.3. The first-order valence-corrected chi connectivity index (χ1v) is 10.7. The Morgan fingerprint density at radius 1 is 1.21 bits per heavy atom. The number of thiazole rings is 1. The van der Waals surface area contributed by atoms with Crippen LogP contribution in [0.3, 0.4) is 0 Å².